The Balaban J connectivity index is 1.41. The minimum Gasteiger partial charge on any atom is -0.355 e. The number of piperidine rings is 1. The van der Waals surface area contributed by atoms with Gasteiger partial charge < -0.3 is 15.1 Å². The van der Waals surface area contributed by atoms with E-state index >= 15 is 0 Å². The van der Waals surface area contributed by atoms with Crippen LogP contribution in [-0.2, 0) is 0 Å². The van der Waals surface area contributed by atoms with Crippen molar-refractivity contribution in [1.82, 2.24) is 24.6 Å². The lowest BCUT2D eigenvalue weighted by atomic mass is 9.93. The Morgan fingerprint density at radius 3 is 2.70 bits per heavy atom. The van der Waals surface area contributed by atoms with E-state index in [1.54, 1.807) is 6.07 Å². The number of pyridine rings is 2. The number of piperazine rings is 1. The number of anilines is 1. The van der Waals surface area contributed by atoms with Crippen molar-refractivity contribution in [3.63, 3.8) is 0 Å². The van der Waals surface area contributed by atoms with Gasteiger partial charge in [0.15, 0.2) is 0 Å². The third-order valence-electron chi connectivity index (χ3n) is 6.48. The van der Waals surface area contributed by atoms with Crippen LogP contribution in [0.1, 0.15) is 48.3 Å². The second-order valence-electron chi connectivity index (χ2n) is 8.63. The van der Waals surface area contributed by atoms with E-state index in [1.165, 1.54) is 12.0 Å². The fourth-order valence-corrected chi connectivity index (χ4v) is 4.78. The van der Waals surface area contributed by atoms with Gasteiger partial charge in [-0.05, 0) is 57.0 Å². The van der Waals surface area contributed by atoms with Gasteiger partial charge in [-0.2, -0.15) is 0 Å². The van der Waals surface area contributed by atoms with E-state index in [2.05, 4.69) is 55.9 Å². The summed E-state index contributed by atoms with van der Waals surface area (Å²) in [6.07, 6.45) is 6.66. The highest BCUT2D eigenvalue weighted by Crippen LogP contribution is 2.33. The summed E-state index contributed by atoms with van der Waals surface area (Å²) in [5.74, 6) is 0.933. The van der Waals surface area contributed by atoms with Gasteiger partial charge in [-0.25, -0.2) is 9.37 Å². The highest BCUT2D eigenvalue weighted by atomic mass is 19.1. The highest BCUT2D eigenvalue weighted by Gasteiger charge is 2.27. The van der Waals surface area contributed by atoms with Gasteiger partial charge in [-0.15, -0.1) is 0 Å². The van der Waals surface area contributed by atoms with Crippen molar-refractivity contribution >= 4 is 11.5 Å². The first-order chi connectivity index (χ1) is 14.6. The van der Waals surface area contributed by atoms with Crippen LogP contribution in [0.5, 0.6) is 0 Å². The molecule has 0 radical (unpaired) electrons. The topological polar surface area (TPSA) is 48.7 Å². The monoisotopic (exact) mass is 408 g/mol. The number of aryl methyl sites for hydroxylation is 1. The summed E-state index contributed by atoms with van der Waals surface area (Å²) in [5, 5.41) is 3.73. The van der Waals surface area contributed by atoms with Crippen LogP contribution in [0.15, 0.2) is 36.7 Å². The van der Waals surface area contributed by atoms with Crippen molar-refractivity contribution < 1.29 is 4.39 Å². The number of fused-ring (bicyclic) bond motifs is 1. The third-order valence-corrected chi connectivity index (χ3v) is 6.48. The van der Waals surface area contributed by atoms with E-state index < -0.39 is 0 Å². The molecule has 3 aromatic rings. The molecule has 0 saturated carbocycles. The van der Waals surface area contributed by atoms with E-state index in [4.69, 9.17) is 4.98 Å². The number of rotatable bonds is 3. The number of nitrogens with one attached hydrogen (secondary N) is 1. The Labute approximate surface area is 176 Å². The second kappa shape index (κ2) is 7.96. The highest BCUT2D eigenvalue weighted by molar-refractivity contribution is 5.53. The molecule has 1 N–H and O–H groups in total. The van der Waals surface area contributed by atoms with Crippen molar-refractivity contribution in [2.75, 3.05) is 38.1 Å². The maximum atomic E-state index is 13.5. The van der Waals surface area contributed by atoms with Crippen LogP contribution < -0.4 is 10.2 Å². The van der Waals surface area contributed by atoms with Crippen LogP contribution in [-0.4, -0.2) is 52.5 Å². The number of likely N-dealkylation sites (N-methyl/N-ethyl adjacent to an activating group) is 1. The molecule has 30 heavy (non-hydrogen) atoms. The molecule has 0 aromatic carbocycles. The molecule has 0 unspecified atom stereocenters. The predicted octanol–water partition coefficient (Wildman–Crippen LogP) is 3.48. The lowest BCUT2D eigenvalue weighted by Gasteiger charge is -2.34. The molecule has 0 spiro atoms. The first-order valence-electron chi connectivity index (χ1n) is 10.9. The Morgan fingerprint density at radius 1 is 1.10 bits per heavy atom. The number of aromatic nitrogens is 3. The van der Waals surface area contributed by atoms with Gasteiger partial charge in [0, 0.05) is 32.4 Å². The van der Waals surface area contributed by atoms with Gasteiger partial charge in [0.1, 0.15) is 17.3 Å². The fourth-order valence-electron chi connectivity index (χ4n) is 4.78. The molecule has 0 aliphatic carbocycles. The molecule has 7 heteroatoms. The van der Waals surface area contributed by atoms with Crippen molar-refractivity contribution in [1.29, 1.82) is 0 Å². The molecule has 2 aliphatic heterocycles. The standard InChI is InChI=1S/C23H29FN6/c1-16-13-17(24)14-25-23(16)19-6-3-5-18(26-19)20-15-30-21(27-20)7-4-8-22(30)29-11-9-28(2)10-12-29/h4,7-8,13-15,18-19,26H,3,5-6,9-12H2,1-2H3/t18-,19+/m1/s1. The van der Waals surface area contributed by atoms with Gasteiger partial charge in [0.25, 0.3) is 0 Å². The summed E-state index contributed by atoms with van der Waals surface area (Å²) in [6, 6.07) is 8.24. The van der Waals surface area contributed by atoms with E-state index in [0.717, 1.165) is 68.0 Å². The van der Waals surface area contributed by atoms with Gasteiger partial charge >= 0.3 is 0 Å². The van der Waals surface area contributed by atoms with Crippen LogP contribution in [0.3, 0.4) is 0 Å². The Morgan fingerprint density at radius 2 is 1.90 bits per heavy atom. The first-order valence-corrected chi connectivity index (χ1v) is 10.9. The summed E-state index contributed by atoms with van der Waals surface area (Å²) in [4.78, 5) is 14.1. The molecule has 2 atom stereocenters. The molecule has 2 saturated heterocycles. The average molecular weight is 409 g/mol. The van der Waals surface area contributed by atoms with Gasteiger partial charge in [0.05, 0.1) is 29.7 Å². The molecular weight excluding hydrogens is 379 g/mol. The largest absolute Gasteiger partial charge is 0.355 e. The summed E-state index contributed by atoms with van der Waals surface area (Å²) < 4.78 is 15.7. The lowest BCUT2D eigenvalue weighted by Crippen LogP contribution is -2.45. The van der Waals surface area contributed by atoms with Crippen molar-refractivity contribution in [3.05, 3.63) is 59.4 Å². The fraction of sp³-hybridized carbons (Fsp3) is 0.478. The zero-order chi connectivity index (χ0) is 20.7. The summed E-state index contributed by atoms with van der Waals surface area (Å²) >= 11 is 0. The number of hydrogen-bond donors (Lipinski definition) is 1. The first kappa shape index (κ1) is 19.5. The maximum Gasteiger partial charge on any atom is 0.141 e. The molecule has 158 valence electrons. The molecule has 2 aliphatic rings. The summed E-state index contributed by atoms with van der Waals surface area (Å²) in [7, 11) is 2.18. The Kier molecular flexibility index (Phi) is 5.16. The van der Waals surface area contributed by atoms with Gasteiger partial charge in [-0.1, -0.05) is 6.07 Å². The van der Waals surface area contributed by atoms with Crippen molar-refractivity contribution in [2.45, 2.75) is 38.3 Å². The molecule has 5 rings (SSSR count). The van der Waals surface area contributed by atoms with Crippen molar-refractivity contribution in [3.8, 4) is 0 Å². The van der Waals surface area contributed by atoms with Gasteiger partial charge in [-0.3, -0.25) is 9.38 Å². The quantitative estimate of drug-likeness (QED) is 0.719. The molecule has 3 aromatic heterocycles. The predicted molar refractivity (Wildman–Crippen MR) is 116 cm³/mol. The number of imidazole rings is 1. The van der Waals surface area contributed by atoms with Crippen LogP contribution in [0, 0.1) is 12.7 Å². The third kappa shape index (κ3) is 3.68. The minimum atomic E-state index is -0.277. The molecule has 0 amide bonds. The molecule has 5 heterocycles. The number of halogens is 1. The van der Waals surface area contributed by atoms with E-state index in [-0.39, 0.29) is 17.9 Å². The summed E-state index contributed by atoms with van der Waals surface area (Å²) in [6.45, 7) is 6.15. The van der Waals surface area contributed by atoms with Crippen LogP contribution >= 0.6 is 0 Å². The SMILES string of the molecule is Cc1cc(F)cnc1[C@@H]1CCC[C@H](c2cn3c(N4CCN(C)CC4)cccc3n2)N1. The van der Waals surface area contributed by atoms with Crippen LogP contribution in [0.25, 0.3) is 5.65 Å². The average Bonchev–Trinajstić information content (AvgIpc) is 3.19. The minimum absolute atomic E-state index is 0.131. The zero-order valence-electron chi connectivity index (χ0n) is 17.7. The van der Waals surface area contributed by atoms with E-state index in [9.17, 15) is 4.39 Å². The Hall–Kier alpha value is -2.51. The zero-order valence-corrected chi connectivity index (χ0v) is 17.7. The van der Waals surface area contributed by atoms with Crippen LogP contribution in [0.2, 0.25) is 0 Å². The Bertz CT molecular complexity index is 1040. The number of nitrogens with zero attached hydrogens (tertiary/aromatic N) is 5. The lowest BCUT2D eigenvalue weighted by molar-refractivity contribution is 0.311. The maximum absolute atomic E-state index is 13.5. The van der Waals surface area contributed by atoms with Crippen LogP contribution in [0.4, 0.5) is 10.2 Å². The second-order valence-corrected chi connectivity index (χ2v) is 8.63. The van der Waals surface area contributed by atoms with Gasteiger partial charge in [0.2, 0.25) is 0 Å². The molecule has 6 nitrogen and oxygen atoms in total. The normalized spacial score (nSPS) is 23.2. The van der Waals surface area contributed by atoms with E-state index in [1.807, 2.05) is 6.92 Å². The number of hydrogen-bond acceptors (Lipinski definition) is 5. The smallest absolute Gasteiger partial charge is 0.141 e. The molecular formula is C23H29FN6. The van der Waals surface area contributed by atoms with Crippen molar-refractivity contribution in [2.24, 2.45) is 0 Å². The summed E-state index contributed by atoms with van der Waals surface area (Å²) in [5.41, 5.74) is 3.91. The van der Waals surface area contributed by atoms with E-state index in [0.29, 0.717) is 0 Å². The molecule has 0 bridgehead atoms. The molecule has 2 fully saturated rings.